The van der Waals surface area contributed by atoms with Gasteiger partial charge in [-0.3, -0.25) is 4.68 Å². The average molecular weight is 286 g/mol. The Bertz CT molecular complexity index is 716. The number of nitrogens with zero attached hydrogens (tertiary/aromatic N) is 2. The van der Waals surface area contributed by atoms with Crippen LogP contribution in [0.1, 0.15) is 11.3 Å². The summed E-state index contributed by atoms with van der Waals surface area (Å²) >= 11 is 5.92. The van der Waals surface area contributed by atoms with Crippen LogP contribution in [0.5, 0.6) is 0 Å². The number of aromatic nitrogens is 2. The van der Waals surface area contributed by atoms with Crippen molar-refractivity contribution in [2.24, 2.45) is 0 Å². The molecule has 0 aliphatic heterocycles. The fraction of sp³-hybridized carbons (Fsp3) is 0.188. The van der Waals surface area contributed by atoms with E-state index in [1.807, 2.05) is 42.1 Å². The van der Waals surface area contributed by atoms with Crippen LogP contribution in [0, 0.1) is 0 Å². The van der Waals surface area contributed by atoms with Gasteiger partial charge in [-0.1, -0.05) is 41.9 Å². The van der Waals surface area contributed by atoms with E-state index in [1.54, 1.807) is 0 Å². The number of nitrogens with one attached hydrogen (secondary N) is 1. The lowest BCUT2D eigenvalue weighted by Gasteiger charge is -2.04. The van der Waals surface area contributed by atoms with Crippen LogP contribution >= 0.6 is 11.6 Å². The van der Waals surface area contributed by atoms with Gasteiger partial charge in [0.1, 0.15) is 0 Å². The lowest BCUT2D eigenvalue weighted by molar-refractivity contribution is 0.677. The van der Waals surface area contributed by atoms with Crippen LogP contribution < -0.4 is 5.32 Å². The first-order chi connectivity index (χ1) is 9.78. The third-order valence-electron chi connectivity index (χ3n) is 3.32. The summed E-state index contributed by atoms with van der Waals surface area (Å²) in [5.41, 5.74) is 3.43. The van der Waals surface area contributed by atoms with Crippen molar-refractivity contribution in [2.75, 3.05) is 7.05 Å². The van der Waals surface area contributed by atoms with Gasteiger partial charge in [-0.15, -0.1) is 0 Å². The third kappa shape index (κ3) is 2.55. The number of halogens is 1. The molecule has 0 aliphatic rings. The molecule has 0 spiro atoms. The van der Waals surface area contributed by atoms with Gasteiger partial charge in [-0.25, -0.2) is 0 Å². The average Bonchev–Trinajstić information content (AvgIpc) is 2.81. The molecule has 0 unspecified atom stereocenters. The van der Waals surface area contributed by atoms with E-state index < -0.39 is 0 Å². The van der Waals surface area contributed by atoms with Crippen LogP contribution in [0.4, 0.5) is 0 Å². The minimum atomic E-state index is 0.751. The normalized spacial score (nSPS) is 11.1. The summed E-state index contributed by atoms with van der Waals surface area (Å²) in [4.78, 5) is 0. The zero-order valence-electron chi connectivity index (χ0n) is 11.3. The maximum atomic E-state index is 5.92. The Labute approximate surface area is 123 Å². The van der Waals surface area contributed by atoms with Crippen LogP contribution in [-0.4, -0.2) is 16.8 Å². The van der Waals surface area contributed by atoms with Crippen molar-refractivity contribution >= 4 is 22.5 Å². The van der Waals surface area contributed by atoms with Crippen molar-refractivity contribution in [2.45, 2.75) is 13.1 Å². The number of para-hydroxylation sites is 1. The van der Waals surface area contributed by atoms with E-state index in [0.29, 0.717) is 0 Å². The third-order valence-corrected chi connectivity index (χ3v) is 3.58. The predicted octanol–water partition coefficient (Wildman–Crippen LogP) is 3.46. The second kappa shape index (κ2) is 5.65. The highest BCUT2D eigenvalue weighted by atomic mass is 35.5. The van der Waals surface area contributed by atoms with Crippen molar-refractivity contribution in [3.05, 3.63) is 64.8 Å². The minimum absolute atomic E-state index is 0.751. The molecule has 2 aromatic carbocycles. The van der Waals surface area contributed by atoms with Crippen LogP contribution in [0.15, 0.2) is 48.5 Å². The largest absolute Gasteiger partial charge is 0.314 e. The molecule has 0 fully saturated rings. The Morgan fingerprint density at radius 1 is 1.10 bits per heavy atom. The van der Waals surface area contributed by atoms with E-state index in [9.17, 15) is 0 Å². The SMILES string of the molecule is CNCc1nn(Cc2ccc(Cl)cc2)c2ccccc12. The summed E-state index contributed by atoms with van der Waals surface area (Å²) < 4.78 is 2.05. The summed E-state index contributed by atoms with van der Waals surface area (Å²) in [7, 11) is 1.94. The molecule has 3 nitrogen and oxygen atoms in total. The second-order valence-corrected chi connectivity index (χ2v) is 5.21. The zero-order chi connectivity index (χ0) is 13.9. The lowest BCUT2D eigenvalue weighted by Crippen LogP contribution is -2.07. The van der Waals surface area contributed by atoms with Gasteiger partial charge in [-0.05, 0) is 30.8 Å². The smallest absolute Gasteiger partial charge is 0.0841 e. The molecule has 0 bridgehead atoms. The first-order valence-electron chi connectivity index (χ1n) is 6.61. The number of hydrogen-bond donors (Lipinski definition) is 1. The Kier molecular flexibility index (Phi) is 3.72. The Balaban J connectivity index is 2.00. The van der Waals surface area contributed by atoms with Gasteiger partial charge in [0.25, 0.3) is 0 Å². The van der Waals surface area contributed by atoms with Crippen molar-refractivity contribution in [3.8, 4) is 0 Å². The highest BCUT2D eigenvalue weighted by Crippen LogP contribution is 2.20. The van der Waals surface area contributed by atoms with E-state index in [2.05, 4.69) is 23.5 Å². The minimum Gasteiger partial charge on any atom is -0.314 e. The molecule has 1 N–H and O–H groups in total. The van der Waals surface area contributed by atoms with E-state index in [1.165, 1.54) is 10.9 Å². The summed E-state index contributed by atoms with van der Waals surface area (Å²) in [6, 6.07) is 16.2. The van der Waals surface area contributed by atoms with Gasteiger partial charge >= 0.3 is 0 Å². The molecular weight excluding hydrogens is 270 g/mol. The summed E-state index contributed by atoms with van der Waals surface area (Å²) in [5, 5.41) is 9.85. The van der Waals surface area contributed by atoms with Gasteiger partial charge in [0.2, 0.25) is 0 Å². The molecule has 0 amide bonds. The highest BCUT2D eigenvalue weighted by molar-refractivity contribution is 6.30. The summed E-state index contributed by atoms with van der Waals surface area (Å²) in [6.45, 7) is 1.52. The molecule has 102 valence electrons. The predicted molar refractivity (Wildman–Crippen MR) is 83.1 cm³/mol. The first kappa shape index (κ1) is 13.2. The van der Waals surface area contributed by atoms with Crippen molar-refractivity contribution in [1.82, 2.24) is 15.1 Å². The molecule has 0 radical (unpaired) electrons. The van der Waals surface area contributed by atoms with Crippen molar-refractivity contribution in [3.63, 3.8) is 0 Å². The van der Waals surface area contributed by atoms with Crippen LogP contribution in [0.25, 0.3) is 10.9 Å². The standard InChI is InChI=1S/C16H16ClN3/c1-18-10-15-14-4-2-3-5-16(14)20(19-15)11-12-6-8-13(17)9-7-12/h2-9,18H,10-11H2,1H3. The van der Waals surface area contributed by atoms with Gasteiger partial charge in [-0.2, -0.15) is 5.10 Å². The highest BCUT2D eigenvalue weighted by Gasteiger charge is 2.09. The molecule has 20 heavy (non-hydrogen) atoms. The number of benzene rings is 2. The topological polar surface area (TPSA) is 29.9 Å². The molecule has 0 saturated heterocycles. The van der Waals surface area contributed by atoms with E-state index in [4.69, 9.17) is 16.7 Å². The first-order valence-corrected chi connectivity index (χ1v) is 6.99. The Morgan fingerprint density at radius 2 is 1.85 bits per heavy atom. The van der Waals surface area contributed by atoms with Crippen LogP contribution in [0.2, 0.25) is 5.02 Å². The maximum absolute atomic E-state index is 5.92. The number of hydrogen-bond acceptors (Lipinski definition) is 2. The molecule has 3 rings (SSSR count). The van der Waals surface area contributed by atoms with Gasteiger partial charge in [0, 0.05) is 17.0 Å². The molecule has 0 aliphatic carbocycles. The molecule has 1 heterocycles. The van der Waals surface area contributed by atoms with Gasteiger partial charge in [0.15, 0.2) is 0 Å². The fourth-order valence-corrected chi connectivity index (χ4v) is 2.50. The van der Waals surface area contributed by atoms with E-state index in [-0.39, 0.29) is 0 Å². The Morgan fingerprint density at radius 3 is 2.60 bits per heavy atom. The molecule has 3 aromatic rings. The molecule has 0 saturated carbocycles. The monoisotopic (exact) mass is 285 g/mol. The second-order valence-electron chi connectivity index (χ2n) is 4.78. The zero-order valence-corrected chi connectivity index (χ0v) is 12.1. The van der Waals surface area contributed by atoms with Gasteiger partial charge < -0.3 is 5.32 Å². The quantitative estimate of drug-likeness (QED) is 0.796. The molecule has 4 heteroatoms. The number of fused-ring (bicyclic) bond motifs is 1. The molecule has 1 aromatic heterocycles. The van der Waals surface area contributed by atoms with Crippen molar-refractivity contribution in [1.29, 1.82) is 0 Å². The fourth-order valence-electron chi connectivity index (χ4n) is 2.38. The van der Waals surface area contributed by atoms with Crippen LogP contribution in [0.3, 0.4) is 0 Å². The number of rotatable bonds is 4. The van der Waals surface area contributed by atoms with Crippen LogP contribution in [-0.2, 0) is 13.1 Å². The van der Waals surface area contributed by atoms with Crippen molar-refractivity contribution < 1.29 is 0 Å². The summed E-state index contributed by atoms with van der Waals surface area (Å²) in [6.07, 6.45) is 0. The van der Waals surface area contributed by atoms with E-state index >= 15 is 0 Å². The Hall–Kier alpha value is -1.84. The molecule has 0 atom stereocenters. The molecular formula is C16H16ClN3. The summed E-state index contributed by atoms with van der Waals surface area (Å²) in [5.74, 6) is 0. The maximum Gasteiger partial charge on any atom is 0.0841 e. The lowest BCUT2D eigenvalue weighted by atomic mass is 10.2. The van der Waals surface area contributed by atoms with Gasteiger partial charge in [0.05, 0.1) is 17.8 Å². The van der Waals surface area contributed by atoms with E-state index in [0.717, 1.165) is 29.3 Å².